The van der Waals surface area contributed by atoms with Gasteiger partial charge in [0.15, 0.2) is 6.61 Å². The number of rotatable bonds is 8. The molecule has 0 saturated carbocycles. The number of aromatic nitrogens is 1. The number of carbonyl (C=O) groups excluding carboxylic acids is 2. The molecule has 1 N–H and O–H groups in total. The lowest BCUT2D eigenvalue weighted by Crippen LogP contribution is -2.22. The SMILES string of the molecule is CCN(CC)c1ccc(C(=O)OCC(=O)Nc2cc(-c3ccc(C)cc3)no2)cc1. The van der Waals surface area contributed by atoms with Crippen molar-refractivity contribution >= 4 is 23.4 Å². The van der Waals surface area contributed by atoms with Crippen LogP contribution in [0.4, 0.5) is 11.6 Å². The highest BCUT2D eigenvalue weighted by Gasteiger charge is 2.13. The van der Waals surface area contributed by atoms with E-state index in [1.165, 1.54) is 0 Å². The molecule has 156 valence electrons. The molecule has 0 atom stereocenters. The van der Waals surface area contributed by atoms with E-state index in [0.29, 0.717) is 11.3 Å². The van der Waals surface area contributed by atoms with Crippen LogP contribution in [0.5, 0.6) is 0 Å². The first-order valence-electron chi connectivity index (χ1n) is 9.86. The minimum atomic E-state index is -0.561. The third-order valence-electron chi connectivity index (χ3n) is 4.69. The van der Waals surface area contributed by atoms with E-state index in [-0.39, 0.29) is 5.88 Å². The van der Waals surface area contributed by atoms with Crippen LogP contribution in [0.1, 0.15) is 29.8 Å². The summed E-state index contributed by atoms with van der Waals surface area (Å²) in [5.74, 6) is -0.876. The summed E-state index contributed by atoms with van der Waals surface area (Å²) in [5, 5.41) is 6.48. The fourth-order valence-electron chi connectivity index (χ4n) is 2.98. The molecule has 7 nitrogen and oxygen atoms in total. The highest BCUT2D eigenvalue weighted by Crippen LogP contribution is 2.22. The fourth-order valence-corrected chi connectivity index (χ4v) is 2.98. The summed E-state index contributed by atoms with van der Waals surface area (Å²) in [4.78, 5) is 26.4. The Morgan fingerprint density at radius 2 is 1.70 bits per heavy atom. The second-order valence-corrected chi connectivity index (χ2v) is 6.79. The third-order valence-corrected chi connectivity index (χ3v) is 4.69. The number of benzene rings is 2. The minimum absolute atomic E-state index is 0.190. The zero-order valence-corrected chi connectivity index (χ0v) is 17.3. The largest absolute Gasteiger partial charge is 0.452 e. The molecule has 1 heterocycles. The number of carbonyl (C=O) groups is 2. The summed E-state index contributed by atoms with van der Waals surface area (Å²) < 4.78 is 10.2. The molecule has 0 aliphatic rings. The monoisotopic (exact) mass is 407 g/mol. The van der Waals surface area contributed by atoms with Gasteiger partial charge >= 0.3 is 5.97 Å². The molecule has 0 radical (unpaired) electrons. The quantitative estimate of drug-likeness (QED) is 0.561. The Kier molecular flexibility index (Phi) is 6.85. The number of nitrogens with zero attached hydrogens (tertiary/aromatic N) is 2. The lowest BCUT2D eigenvalue weighted by molar-refractivity contribution is -0.119. The molecule has 0 fully saturated rings. The van der Waals surface area contributed by atoms with Gasteiger partial charge in [-0.25, -0.2) is 4.79 Å². The van der Waals surface area contributed by atoms with Crippen LogP contribution in [0, 0.1) is 6.92 Å². The predicted molar refractivity (Wildman–Crippen MR) is 116 cm³/mol. The Morgan fingerprint density at radius 3 is 2.33 bits per heavy atom. The van der Waals surface area contributed by atoms with Gasteiger partial charge in [-0.2, -0.15) is 0 Å². The Morgan fingerprint density at radius 1 is 1.03 bits per heavy atom. The van der Waals surface area contributed by atoms with Crippen LogP contribution in [0.3, 0.4) is 0 Å². The van der Waals surface area contributed by atoms with Crippen molar-refractivity contribution in [3.05, 3.63) is 65.7 Å². The molecule has 0 saturated heterocycles. The first-order valence-corrected chi connectivity index (χ1v) is 9.86. The average Bonchev–Trinajstić information content (AvgIpc) is 3.22. The molecule has 1 amide bonds. The molecule has 3 aromatic rings. The van der Waals surface area contributed by atoms with E-state index in [9.17, 15) is 9.59 Å². The molecule has 3 rings (SSSR count). The van der Waals surface area contributed by atoms with E-state index >= 15 is 0 Å². The highest BCUT2D eigenvalue weighted by molar-refractivity contribution is 5.95. The van der Waals surface area contributed by atoms with Crippen molar-refractivity contribution in [1.29, 1.82) is 0 Å². The second kappa shape index (κ2) is 9.73. The Bertz CT molecular complexity index is 990. The summed E-state index contributed by atoms with van der Waals surface area (Å²) in [5.41, 5.74) is 4.05. The molecule has 30 heavy (non-hydrogen) atoms. The van der Waals surface area contributed by atoms with Crippen LogP contribution in [-0.2, 0) is 9.53 Å². The number of esters is 1. The van der Waals surface area contributed by atoms with Crippen molar-refractivity contribution < 1.29 is 18.8 Å². The number of anilines is 2. The van der Waals surface area contributed by atoms with E-state index in [2.05, 4.69) is 29.2 Å². The van der Waals surface area contributed by atoms with Crippen molar-refractivity contribution in [3.8, 4) is 11.3 Å². The summed E-state index contributed by atoms with van der Waals surface area (Å²) in [6, 6.07) is 16.5. The third kappa shape index (κ3) is 5.26. The summed E-state index contributed by atoms with van der Waals surface area (Å²) in [6.07, 6.45) is 0. The van der Waals surface area contributed by atoms with Crippen molar-refractivity contribution in [2.24, 2.45) is 0 Å². The standard InChI is InChI=1S/C23H25N3O4/c1-4-26(5-2)19-12-10-18(11-13-19)23(28)29-15-21(27)24-22-14-20(25-30-22)17-8-6-16(3)7-9-17/h6-14H,4-5,15H2,1-3H3,(H,24,27). The van der Waals surface area contributed by atoms with Crippen molar-refractivity contribution in [1.82, 2.24) is 5.16 Å². The van der Waals surface area contributed by atoms with Gasteiger partial charge in [-0.05, 0) is 45.0 Å². The van der Waals surface area contributed by atoms with E-state index in [1.807, 2.05) is 43.3 Å². The van der Waals surface area contributed by atoms with Gasteiger partial charge < -0.3 is 14.2 Å². The maximum absolute atomic E-state index is 12.2. The molecule has 1 aromatic heterocycles. The smallest absolute Gasteiger partial charge is 0.338 e. The zero-order chi connectivity index (χ0) is 21.5. The average molecular weight is 407 g/mol. The number of nitrogens with one attached hydrogen (secondary N) is 1. The number of ether oxygens (including phenoxy) is 1. The second-order valence-electron chi connectivity index (χ2n) is 6.79. The predicted octanol–water partition coefficient (Wildman–Crippen LogP) is 4.29. The number of hydrogen-bond donors (Lipinski definition) is 1. The van der Waals surface area contributed by atoms with Crippen molar-refractivity contribution in [2.75, 3.05) is 29.9 Å². The van der Waals surface area contributed by atoms with Crippen LogP contribution < -0.4 is 10.2 Å². The van der Waals surface area contributed by atoms with Crippen LogP contribution in [-0.4, -0.2) is 36.7 Å². The van der Waals surface area contributed by atoms with Gasteiger partial charge in [0.05, 0.1) is 5.56 Å². The fraction of sp³-hybridized carbons (Fsp3) is 0.261. The molecule has 0 spiro atoms. The lowest BCUT2D eigenvalue weighted by Gasteiger charge is -2.20. The van der Waals surface area contributed by atoms with E-state index < -0.39 is 18.5 Å². The molecular formula is C23H25N3O4. The summed E-state index contributed by atoms with van der Waals surface area (Å²) in [6.45, 7) is 7.49. The van der Waals surface area contributed by atoms with E-state index in [0.717, 1.165) is 29.9 Å². The van der Waals surface area contributed by atoms with E-state index in [4.69, 9.17) is 9.26 Å². The van der Waals surface area contributed by atoms with E-state index in [1.54, 1.807) is 18.2 Å². The molecule has 7 heteroatoms. The normalized spacial score (nSPS) is 10.5. The topological polar surface area (TPSA) is 84.7 Å². The van der Waals surface area contributed by atoms with Gasteiger partial charge in [-0.15, -0.1) is 0 Å². The number of hydrogen-bond acceptors (Lipinski definition) is 6. The van der Waals surface area contributed by atoms with Gasteiger partial charge in [-0.3, -0.25) is 10.1 Å². The first-order chi connectivity index (χ1) is 14.5. The first kappa shape index (κ1) is 21.1. The maximum atomic E-state index is 12.2. The van der Waals surface area contributed by atoms with Gasteiger partial charge in [0, 0.05) is 30.4 Å². The maximum Gasteiger partial charge on any atom is 0.338 e. The van der Waals surface area contributed by atoms with Crippen LogP contribution >= 0.6 is 0 Å². The van der Waals surface area contributed by atoms with Crippen LogP contribution in [0.15, 0.2) is 59.1 Å². The molecule has 0 aliphatic carbocycles. The van der Waals surface area contributed by atoms with Gasteiger partial charge in [-0.1, -0.05) is 35.0 Å². The zero-order valence-electron chi connectivity index (χ0n) is 17.3. The van der Waals surface area contributed by atoms with Crippen molar-refractivity contribution in [3.63, 3.8) is 0 Å². The van der Waals surface area contributed by atoms with Gasteiger partial charge in [0.2, 0.25) is 5.88 Å². The van der Waals surface area contributed by atoms with Gasteiger partial charge in [0.1, 0.15) is 5.69 Å². The Hall–Kier alpha value is -3.61. The van der Waals surface area contributed by atoms with Crippen molar-refractivity contribution in [2.45, 2.75) is 20.8 Å². The molecule has 0 aliphatic heterocycles. The highest BCUT2D eigenvalue weighted by atomic mass is 16.5. The number of aryl methyl sites for hydroxylation is 1. The van der Waals surface area contributed by atoms with Crippen LogP contribution in [0.2, 0.25) is 0 Å². The van der Waals surface area contributed by atoms with Gasteiger partial charge in [0.25, 0.3) is 5.91 Å². The molecular weight excluding hydrogens is 382 g/mol. The molecule has 0 unspecified atom stereocenters. The Balaban J connectivity index is 1.52. The lowest BCUT2D eigenvalue weighted by atomic mass is 10.1. The minimum Gasteiger partial charge on any atom is -0.452 e. The van der Waals surface area contributed by atoms with Crippen LogP contribution in [0.25, 0.3) is 11.3 Å². The Labute approximate surface area is 175 Å². The molecule has 0 bridgehead atoms. The molecule has 2 aromatic carbocycles. The summed E-state index contributed by atoms with van der Waals surface area (Å²) in [7, 11) is 0. The summed E-state index contributed by atoms with van der Waals surface area (Å²) >= 11 is 0. The number of amides is 1.